The van der Waals surface area contributed by atoms with Crippen LogP contribution in [0.2, 0.25) is 0 Å². The molecule has 7 nitrogen and oxygen atoms in total. The van der Waals surface area contributed by atoms with E-state index < -0.39 is 0 Å². The number of fused-ring (bicyclic) bond motifs is 2. The third kappa shape index (κ3) is 3.13. The lowest BCUT2D eigenvalue weighted by molar-refractivity contribution is -0.133. The van der Waals surface area contributed by atoms with E-state index in [1.54, 1.807) is 17.7 Å². The number of nitrogens with one attached hydrogen (secondary N) is 2. The normalized spacial score (nSPS) is 18.3. The second-order valence-corrected chi connectivity index (χ2v) is 6.63. The van der Waals surface area contributed by atoms with Crippen LogP contribution in [-0.4, -0.2) is 22.0 Å². The maximum absolute atomic E-state index is 11.6. The van der Waals surface area contributed by atoms with Gasteiger partial charge < -0.3 is 10.1 Å². The zero-order chi connectivity index (χ0) is 18.1. The van der Waals surface area contributed by atoms with Crippen LogP contribution in [-0.2, 0) is 28.9 Å². The summed E-state index contributed by atoms with van der Waals surface area (Å²) >= 11 is 0. The van der Waals surface area contributed by atoms with Gasteiger partial charge in [-0.3, -0.25) is 14.8 Å². The van der Waals surface area contributed by atoms with Gasteiger partial charge in [-0.25, -0.2) is 10.5 Å². The first-order valence-electron chi connectivity index (χ1n) is 8.65. The van der Waals surface area contributed by atoms with E-state index in [0.717, 1.165) is 28.9 Å². The lowest BCUT2D eigenvalue weighted by Gasteiger charge is -2.24. The molecule has 0 bridgehead atoms. The number of amides is 2. The molecule has 1 aromatic carbocycles. The Balaban J connectivity index is 1.55. The average molecular weight is 353 g/mol. The van der Waals surface area contributed by atoms with Gasteiger partial charge in [-0.2, -0.15) is 0 Å². The van der Waals surface area contributed by atoms with E-state index >= 15 is 0 Å². The van der Waals surface area contributed by atoms with E-state index in [4.69, 9.17) is 9.94 Å². The molecule has 26 heavy (non-hydrogen) atoms. The van der Waals surface area contributed by atoms with E-state index in [1.807, 2.05) is 18.2 Å². The van der Waals surface area contributed by atoms with Gasteiger partial charge in [0.15, 0.2) is 0 Å². The lowest BCUT2D eigenvalue weighted by atomic mass is 9.83. The molecule has 1 atom stereocenters. The van der Waals surface area contributed by atoms with Gasteiger partial charge in [0.25, 0.3) is 0 Å². The number of hydroxylamine groups is 1. The number of aryl methyl sites for hydroxylation is 1. The van der Waals surface area contributed by atoms with Gasteiger partial charge in [-0.1, -0.05) is 6.07 Å². The van der Waals surface area contributed by atoms with E-state index in [2.05, 4.69) is 10.3 Å². The quantitative estimate of drug-likeness (QED) is 0.581. The first kappa shape index (κ1) is 16.5. The Bertz CT molecular complexity index is 881. The summed E-state index contributed by atoms with van der Waals surface area (Å²) in [6, 6.07) is 7.65. The van der Waals surface area contributed by atoms with Crippen molar-refractivity contribution in [1.29, 1.82) is 0 Å². The number of anilines is 1. The molecule has 1 aliphatic heterocycles. The van der Waals surface area contributed by atoms with E-state index in [0.29, 0.717) is 37.3 Å². The fraction of sp³-hybridized carbons (Fsp3) is 0.316. The Morgan fingerprint density at radius 3 is 2.96 bits per heavy atom. The lowest BCUT2D eigenvalue weighted by Crippen LogP contribution is -2.31. The molecule has 2 aromatic rings. The van der Waals surface area contributed by atoms with Gasteiger partial charge in [0, 0.05) is 24.1 Å². The number of aromatic nitrogens is 1. The monoisotopic (exact) mass is 353 g/mol. The van der Waals surface area contributed by atoms with Crippen molar-refractivity contribution in [3.8, 4) is 11.5 Å². The van der Waals surface area contributed by atoms with Crippen LogP contribution in [0.4, 0.5) is 5.82 Å². The average Bonchev–Trinajstić information content (AvgIpc) is 2.67. The third-order valence-corrected chi connectivity index (χ3v) is 4.99. The van der Waals surface area contributed by atoms with Crippen molar-refractivity contribution in [3.05, 3.63) is 47.2 Å². The number of rotatable bonds is 3. The Morgan fingerprint density at radius 2 is 2.12 bits per heavy atom. The van der Waals surface area contributed by atoms with Gasteiger partial charge >= 0.3 is 0 Å². The maximum atomic E-state index is 11.6. The van der Waals surface area contributed by atoms with Crippen LogP contribution < -0.4 is 15.5 Å². The summed E-state index contributed by atoms with van der Waals surface area (Å²) in [7, 11) is 0. The molecular weight excluding hydrogens is 334 g/mol. The van der Waals surface area contributed by atoms with Crippen LogP contribution in [0.3, 0.4) is 0 Å². The summed E-state index contributed by atoms with van der Waals surface area (Å²) in [6.45, 7) is 0. The molecule has 2 aliphatic rings. The standard InChI is InChI=1S/C19H19N3O4/c23-17-6-5-15-16(7-8-20-18(15)21-17)26-14-4-3-11-9-13(19(24)22-25)2-1-12(11)10-14/h3-4,7-8,10,13,25H,1-2,5-6,9H2,(H,22,24)(H,20,21,23). The SMILES string of the molecule is O=C1CCc2c(Oc3ccc4c(c3)CCC(C(=O)NO)C4)ccnc2N1. The Kier molecular flexibility index (Phi) is 4.30. The zero-order valence-corrected chi connectivity index (χ0v) is 14.1. The van der Waals surface area contributed by atoms with Crippen molar-refractivity contribution in [1.82, 2.24) is 10.5 Å². The molecule has 3 N–H and O–H groups in total. The minimum absolute atomic E-state index is 0.0302. The van der Waals surface area contributed by atoms with Crippen LogP contribution in [0.15, 0.2) is 30.5 Å². The predicted octanol–water partition coefficient (Wildman–Crippen LogP) is 2.37. The molecular formula is C19H19N3O4. The molecule has 0 radical (unpaired) electrons. The molecule has 0 fully saturated rings. The summed E-state index contributed by atoms with van der Waals surface area (Å²) in [5.74, 6) is 1.42. The smallest absolute Gasteiger partial charge is 0.246 e. The fourth-order valence-corrected chi connectivity index (χ4v) is 3.59. The van der Waals surface area contributed by atoms with Crippen molar-refractivity contribution in [2.45, 2.75) is 32.1 Å². The van der Waals surface area contributed by atoms with Crippen molar-refractivity contribution >= 4 is 17.6 Å². The minimum atomic E-state index is -0.332. The first-order valence-corrected chi connectivity index (χ1v) is 8.65. The van der Waals surface area contributed by atoms with Gasteiger partial charge in [-0.15, -0.1) is 0 Å². The number of hydrogen-bond acceptors (Lipinski definition) is 5. The van der Waals surface area contributed by atoms with Crippen molar-refractivity contribution in [2.75, 3.05) is 5.32 Å². The Morgan fingerprint density at radius 1 is 1.23 bits per heavy atom. The fourth-order valence-electron chi connectivity index (χ4n) is 3.59. The van der Waals surface area contributed by atoms with Gasteiger partial charge in [0.05, 0.1) is 0 Å². The summed E-state index contributed by atoms with van der Waals surface area (Å²) in [6.07, 6.45) is 4.71. The van der Waals surface area contributed by atoms with Crippen LogP contribution >= 0.6 is 0 Å². The molecule has 2 heterocycles. The number of ether oxygens (including phenoxy) is 1. The zero-order valence-electron chi connectivity index (χ0n) is 14.1. The Hall–Kier alpha value is -2.93. The van der Waals surface area contributed by atoms with Crippen LogP contribution in [0.5, 0.6) is 11.5 Å². The predicted molar refractivity (Wildman–Crippen MR) is 93.1 cm³/mol. The number of nitrogens with zero attached hydrogens (tertiary/aromatic N) is 1. The molecule has 7 heteroatoms. The maximum Gasteiger partial charge on any atom is 0.246 e. The molecule has 1 aromatic heterocycles. The van der Waals surface area contributed by atoms with Crippen LogP contribution in [0.1, 0.15) is 29.5 Å². The summed E-state index contributed by atoms with van der Waals surface area (Å²) < 4.78 is 6.06. The largest absolute Gasteiger partial charge is 0.457 e. The molecule has 4 rings (SSSR count). The van der Waals surface area contributed by atoms with E-state index in [9.17, 15) is 9.59 Å². The number of pyridine rings is 1. The number of carbonyl (C=O) groups is 2. The highest BCUT2D eigenvalue weighted by molar-refractivity contribution is 5.93. The molecule has 2 amide bonds. The van der Waals surface area contributed by atoms with Crippen molar-refractivity contribution in [3.63, 3.8) is 0 Å². The van der Waals surface area contributed by atoms with E-state index in [-0.39, 0.29) is 17.7 Å². The highest BCUT2D eigenvalue weighted by atomic mass is 16.5. The summed E-state index contributed by atoms with van der Waals surface area (Å²) in [4.78, 5) is 27.3. The van der Waals surface area contributed by atoms with Gasteiger partial charge in [0.1, 0.15) is 17.3 Å². The topological polar surface area (TPSA) is 101 Å². The number of benzene rings is 1. The molecule has 1 unspecified atom stereocenters. The van der Waals surface area contributed by atoms with Gasteiger partial charge in [-0.05, 0) is 55.0 Å². The van der Waals surface area contributed by atoms with Crippen LogP contribution in [0, 0.1) is 5.92 Å². The second-order valence-electron chi connectivity index (χ2n) is 6.63. The first-order chi connectivity index (χ1) is 12.6. The molecule has 134 valence electrons. The van der Waals surface area contributed by atoms with Crippen molar-refractivity contribution in [2.24, 2.45) is 5.92 Å². The number of carbonyl (C=O) groups excluding carboxylic acids is 2. The van der Waals surface area contributed by atoms with E-state index in [1.165, 1.54) is 0 Å². The second kappa shape index (κ2) is 6.76. The highest BCUT2D eigenvalue weighted by Crippen LogP contribution is 2.34. The number of hydrogen-bond donors (Lipinski definition) is 3. The molecule has 0 saturated carbocycles. The Labute approximate surface area is 150 Å². The van der Waals surface area contributed by atoms with Crippen LogP contribution in [0.25, 0.3) is 0 Å². The minimum Gasteiger partial charge on any atom is -0.457 e. The highest BCUT2D eigenvalue weighted by Gasteiger charge is 2.25. The van der Waals surface area contributed by atoms with Gasteiger partial charge in [0.2, 0.25) is 11.8 Å². The molecule has 1 aliphatic carbocycles. The summed E-state index contributed by atoms with van der Waals surface area (Å²) in [5.41, 5.74) is 4.90. The summed E-state index contributed by atoms with van der Waals surface area (Å²) in [5, 5.41) is 11.6. The molecule has 0 spiro atoms. The third-order valence-electron chi connectivity index (χ3n) is 4.99. The van der Waals surface area contributed by atoms with Crippen molar-refractivity contribution < 1.29 is 19.5 Å². The molecule has 0 saturated heterocycles.